The predicted octanol–water partition coefficient (Wildman–Crippen LogP) is -0.899. The van der Waals surface area contributed by atoms with Crippen LogP contribution in [0.2, 0.25) is 0 Å². The van der Waals surface area contributed by atoms with E-state index in [9.17, 15) is 9.59 Å². The van der Waals surface area contributed by atoms with Crippen LogP contribution in [0.25, 0.3) is 0 Å². The van der Waals surface area contributed by atoms with Crippen molar-refractivity contribution in [1.82, 2.24) is 9.97 Å². The van der Waals surface area contributed by atoms with Crippen LogP contribution in [0.4, 0.5) is 5.69 Å². The van der Waals surface area contributed by atoms with Crippen LogP contribution in [0.15, 0.2) is 14.6 Å². The number of hydrogen-bond acceptors (Lipinski definition) is 4. The maximum absolute atomic E-state index is 10.7. The quantitative estimate of drug-likeness (QED) is 0.458. The van der Waals surface area contributed by atoms with E-state index in [-0.39, 0.29) is 5.69 Å². The first kappa shape index (κ1) is 7.26. The Kier molecular flexibility index (Phi) is 1.59. The van der Waals surface area contributed by atoms with Crippen molar-refractivity contribution in [3.05, 3.63) is 20.8 Å². The molecule has 0 aliphatic rings. The van der Waals surface area contributed by atoms with Crippen molar-refractivity contribution in [2.75, 3.05) is 0 Å². The van der Waals surface area contributed by atoms with Crippen LogP contribution in [0.1, 0.15) is 0 Å². The van der Waals surface area contributed by atoms with Crippen molar-refractivity contribution < 1.29 is 5.11 Å². The van der Waals surface area contributed by atoms with Crippen molar-refractivity contribution in [2.24, 2.45) is 4.99 Å². The number of nitrogens with one attached hydrogen (secondary N) is 2. The van der Waals surface area contributed by atoms with Gasteiger partial charge in [0.05, 0.1) is 0 Å². The Hall–Kier alpha value is -1.85. The second-order valence-electron chi connectivity index (χ2n) is 1.76. The molecule has 11 heavy (non-hydrogen) atoms. The monoisotopic (exact) mass is 155 g/mol. The Morgan fingerprint density at radius 1 is 1.36 bits per heavy atom. The molecule has 0 aliphatic heterocycles. The molecule has 0 saturated carbocycles. The first-order chi connectivity index (χ1) is 5.15. The molecule has 0 unspecified atom stereocenters. The first-order valence-corrected chi connectivity index (χ1v) is 2.67. The van der Waals surface area contributed by atoms with Crippen LogP contribution < -0.4 is 11.2 Å². The number of hydrogen-bond donors (Lipinski definition) is 3. The molecule has 6 heteroatoms. The topological polar surface area (TPSA) is 98.3 Å². The van der Waals surface area contributed by atoms with E-state index in [0.717, 1.165) is 0 Å². The van der Waals surface area contributed by atoms with Gasteiger partial charge in [-0.3, -0.25) is 19.8 Å². The van der Waals surface area contributed by atoms with Gasteiger partial charge in [0.15, 0.2) is 5.69 Å². The van der Waals surface area contributed by atoms with Crippen LogP contribution >= 0.6 is 0 Å². The lowest BCUT2D eigenvalue weighted by molar-refractivity contribution is 0.450. The molecule has 0 saturated heterocycles. The summed E-state index contributed by atoms with van der Waals surface area (Å²) in [7, 11) is 0. The standard InChI is InChI=1S/C5H5N3O3/c1-6-2-3(9)7-5(11)8-4(2)10/h1H2,(H3,7,8,9,10,11). The minimum Gasteiger partial charge on any atom is -0.493 e. The van der Waals surface area contributed by atoms with Gasteiger partial charge in [-0.2, -0.15) is 0 Å². The molecule has 1 rings (SSSR count). The fourth-order valence-electron chi connectivity index (χ4n) is 0.615. The minimum atomic E-state index is -0.778. The highest BCUT2D eigenvalue weighted by Crippen LogP contribution is 2.13. The summed E-state index contributed by atoms with van der Waals surface area (Å²) in [6.45, 7) is 3.03. The number of nitrogens with zero attached hydrogens (tertiary/aromatic N) is 1. The largest absolute Gasteiger partial charge is 0.493 e. The van der Waals surface area contributed by atoms with Crippen LogP contribution in [0, 0.1) is 0 Å². The summed E-state index contributed by atoms with van der Waals surface area (Å²) in [5.74, 6) is -0.575. The van der Waals surface area contributed by atoms with E-state index in [1.807, 2.05) is 9.97 Å². The Labute approximate surface area is 60.2 Å². The zero-order valence-electron chi connectivity index (χ0n) is 5.42. The fraction of sp³-hybridized carbons (Fsp3) is 0. The van der Waals surface area contributed by atoms with Gasteiger partial charge in [-0.1, -0.05) is 0 Å². The Morgan fingerprint density at radius 3 is 2.45 bits per heavy atom. The van der Waals surface area contributed by atoms with Gasteiger partial charge in [-0.15, -0.1) is 0 Å². The van der Waals surface area contributed by atoms with Crippen molar-refractivity contribution >= 4 is 12.4 Å². The zero-order chi connectivity index (χ0) is 8.43. The van der Waals surface area contributed by atoms with Crippen molar-refractivity contribution in [3.63, 3.8) is 0 Å². The molecule has 0 aliphatic carbocycles. The molecule has 3 N–H and O–H groups in total. The maximum Gasteiger partial charge on any atom is 0.328 e. The number of H-pyrrole nitrogens is 2. The predicted molar refractivity (Wildman–Crippen MR) is 38.6 cm³/mol. The number of rotatable bonds is 1. The van der Waals surface area contributed by atoms with E-state index in [2.05, 4.69) is 11.7 Å². The molecule has 0 fully saturated rings. The molecule has 0 amide bonds. The van der Waals surface area contributed by atoms with Crippen molar-refractivity contribution in [2.45, 2.75) is 0 Å². The summed E-state index contributed by atoms with van der Waals surface area (Å²) in [5, 5.41) is 8.86. The lowest BCUT2D eigenvalue weighted by Crippen LogP contribution is -2.20. The summed E-state index contributed by atoms with van der Waals surface area (Å²) in [5.41, 5.74) is -1.83. The van der Waals surface area contributed by atoms with Gasteiger partial charge in [0, 0.05) is 0 Å². The van der Waals surface area contributed by atoms with Gasteiger partial charge >= 0.3 is 5.69 Å². The normalized spacial score (nSPS) is 9.45. The average Bonchev–Trinajstić information content (AvgIpc) is 1.85. The smallest absolute Gasteiger partial charge is 0.328 e. The van der Waals surface area contributed by atoms with E-state index in [0.29, 0.717) is 0 Å². The number of aromatic amines is 2. The van der Waals surface area contributed by atoms with Gasteiger partial charge < -0.3 is 5.11 Å². The highest BCUT2D eigenvalue weighted by molar-refractivity contribution is 5.49. The number of aliphatic imine (C=N–C) groups is 1. The Balaban J connectivity index is 3.62. The second kappa shape index (κ2) is 2.41. The average molecular weight is 155 g/mol. The molecule has 0 bridgehead atoms. The highest BCUT2D eigenvalue weighted by atomic mass is 16.3. The molecule has 58 valence electrons. The molecular weight excluding hydrogens is 150 g/mol. The SMILES string of the molecule is C=Nc1c(O)[nH]c(=O)[nH]c1=O. The summed E-state index contributed by atoms with van der Waals surface area (Å²) in [4.78, 5) is 28.2. The van der Waals surface area contributed by atoms with E-state index >= 15 is 0 Å². The van der Waals surface area contributed by atoms with Gasteiger partial charge in [-0.25, -0.2) is 4.79 Å². The number of aromatic nitrogens is 2. The summed E-state index contributed by atoms with van der Waals surface area (Å²) >= 11 is 0. The Morgan fingerprint density at radius 2 is 2.00 bits per heavy atom. The van der Waals surface area contributed by atoms with Gasteiger partial charge in [0.25, 0.3) is 5.56 Å². The molecule has 0 radical (unpaired) electrons. The molecular formula is C5H5N3O3. The maximum atomic E-state index is 10.7. The molecule has 1 aromatic heterocycles. The lowest BCUT2D eigenvalue weighted by atomic mass is 10.5. The number of aromatic hydroxyl groups is 1. The third-order valence-electron chi connectivity index (χ3n) is 1.06. The molecule has 0 atom stereocenters. The zero-order valence-corrected chi connectivity index (χ0v) is 5.42. The fourth-order valence-corrected chi connectivity index (χ4v) is 0.615. The van der Waals surface area contributed by atoms with Crippen molar-refractivity contribution in [3.8, 4) is 5.88 Å². The lowest BCUT2D eigenvalue weighted by Gasteiger charge is -1.92. The van der Waals surface area contributed by atoms with E-state index in [1.165, 1.54) is 0 Å². The second-order valence-corrected chi connectivity index (χ2v) is 1.76. The van der Waals surface area contributed by atoms with Gasteiger partial charge in [0.1, 0.15) is 0 Å². The first-order valence-electron chi connectivity index (χ1n) is 2.67. The molecule has 0 spiro atoms. The van der Waals surface area contributed by atoms with E-state index < -0.39 is 17.1 Å². The third-order valence-corrected chi connectivity index (χ3v) is 1.06. The van der Waals surface area contributed by atoms with Crippen molar-refractivity contribution in [1.29, 1.82) is 0 Å². The third kappa shape index (κ3) is 1.18. The minimum absolute atomic E-state index is 0.287. The highest BCUT2D eigenvalue weighted by Gasteiger charge is 2.03. The van der Waals surface area contributed by atoms with E-state index in [4.69, 9.17) is 5.11 Å². The molecule has 0 aromatic carbocycles. The molecule has 6 nitrogen and oxygen atoms in total. The van der Waals surface area contributed by atoms with Crippen LogP contribution in [0.3, 0.4) is 0 Å². The van der Waals surface area contributed by atoms with Gasteiger partial charge in [0.2, 0.25) is 5.88 Å². The van der Waals surface area contributed by atoms with Crippen LogP contribution in [-0.2, 0) is 0 Å². The van der Waals surface area contributed by atoms with Crippen LogP contribution in [-0.4, -0.2) is 21.8 Å². The van der Waals surface area contributed by atoms with E-state index in [1.54, 1.807) is 0 Å². The summed E-state index contributed by atoms with van der Waals surface area (Å²) in [6.07, 6.45) is 0. The Bertz CT molecular complexity index is 389. The molecule has 1 heterocycles. The van der Waals surface area contributed by atoms with Crippen LogP contribution in [0.5, 0.6) is 5.88 Å². The summed E-state index contributed by atoms with van der Waals surface area (Å²) < 4.78 is 0. The summed E-state index contributed by atoms with van der Waals surface area (Å²) in [6, 6.07) is 0. The van der Waals surface area contributed by atoms with Gasteiger partial charge in [-0.05, 0) is 6.72 Å². The molecule has 1 aromatic rings.